The Bertz CT molecular complexity index is 537. The molecule has 1 unspecified atom stereocenters. The highest BCUT2D eigenvalue weighted by Gasteiger charge is 2.34. The van der Waals surface area contributed by atoms with Gasteiger partial charge in [-0.15, -0.1) is 12.4 Å². The maximum Gasteiger partial charge on any atom is 0.333 e. The molecule has 5 nitrogen and oxygen atoms in total. The molecule has 1 aromatic rings. The van der Waals surface area contributed by atoms with Gasteiger partial charge in [-0.3, -0.25) is 4.79 Å². The number of carbonyl (C=O) groups is 2. The van der Waals surface area contributed by atoms with Gasteiger partial charge in [0.15, 0.2) is 6.04 Å². The molecule has 1 amide bonds. The van der Waals surface area contributed by atoms with Crippen molar-refractivity contribution in [3.63, 3.8) is 0 Å². The monoisotopic (exact) mass is 360 g/mol. The summed E-state index contributed by atoms with van der Waals surface area (Å²) in [5, 5.41) is 3.36. The van der Waals surface area contributed by atoms with Crippen molar-refractivity contribution in [2.24, 2.45) is 17.6 Å². The van der Waals surface area contributed by atoms with Crippen LogP contribution in [0.2, 0.25) is 5.02 Å². The number of nitrogens with two attached hydrogens (primary N) is 1. The number of carbonyl (C=O) groups excluding carboxylic acids is 2. The van der Waals surface area contributed by atoms with Gasteiger partial charge in [0.2, 0.25) is 5.91 Å². The molecule has 2 rings (SSSR count). The van der Waals surface area contributed by atoms with Gasteiger partial charge in [0.25, 0.3) is 0 Å². The molecule has 1 fully saturated rings. The van der Waals surface area contributed by atoms with E-state index in [4.69, 9.17) is 22.1 Å². The Morgan fingerprint density at radius 1 is 1.35 bits per heavy atom. The van der Waals surface area contributed by atoms with Gasteiger partial charge in [-0.1, -0.05) is 30.2 Å². The number of rotatable bonds is 5. The molecular weight excluding hydrogens is 339 g/mol. The average Bonchev–Trinajstić information content (AvgIpc) is 3.01. The van der Waals surface area contributed by atoms with Gasteiger partial charge in [0.1, 0.15) is 0 Å². The maximum absolute atomic E-state index is 12.5. The minimum absolute atomic E-state index is 0. The first kappa shape index (κ1) is 19.7. The number of ether oxygens (including phenoxy) is 1. The molecule has 128 valence electrons. The van der Waals surface area contributed by atoms with E-state index in [0.717, 1.165) is 19.3 Å². The Hall–Kier alpha value is -1.30. The molecule has 0 aliphatic heterocycles. The summed E-state index contributed by atoms with van der Waals surface area (Å²) in [5.41, 5.74) is 6.37. The third kappa shape index (κ3) is 4.83. The number of esters is 1. The third-order valence-corrected chi connectivity index (χ3v) is 4.48. The molecule has 1 aromatic carbocycles. The van der Waals surface area contributed by atoms with Crippen molar-refractivity contribution in [1.82, 2.24) is 5.32 Å². The normalized spacial score (nSPS) is 21.2. The summed E-state index contributed by atoms with van der Waals surface area (Å²) in [6, 6.07) is 5.95. The van der Waals surface area contributed by atoms with Crippen LogP contribution in [0, 0.1) is 11.8 Å². The molecule has 1 aliphatic carbocycles. The summed E-state index contributed by atoms with van der Waals surface area (Å²) in [6.07, 6.45) is 2.75. The lowest BCUT2D eigenvalue weighted by Gasteiger charge is -2.22. The van der Waals surface area contributed by atoms with Crippen LogP contribution in [0.1, 0.15) is 30.9 Å². The number of benzene rings is 1. The molecule has 23 heavy (non-hydrogen) atoms. The molecule has 0 radical (unpaired) electrons. The van der Waals surface area contributed by atoms with Crippen LogP contribution in [-0.4, -0.2) is 25.5 Å². The first-order valence-electron chi connectivity index (χ1n) is 7.40. The van der Waals surface area contributed by atoms with Crippen molar-refractivity contribution in [2.75, 3.05) is 13.7 Å². The SMILES string of the molecule is COC(=O)C(NC(=O)[C@@H]1CCC[C@@H]1CN)c1ccc(Cl)cc1.Cl. The first-order valence-corrected chi connectivity index (χ1v) is 7.78. The summed E-state index contributed by atoms with van der Waals surface area (Å²) >= 11 is 5.86. The zero-order chi connectivity index (χ0) is 16.1. The van der Waals surface area contributed by atoms with Crippen LogP contribution >= 0.6 is 24.0 Å². The van der Waals surface area contributed by atoms with Gasteiger partial charge in [0, 0.05) is 10.9 Å². The molecular formula is C16H22Cl2N2O3. The van der Waals surface area contributed by atoms with E-state index in [-0.39, 0.29) is 30.2 Å². The van der Waals surface area contributed by atoms with Gasteiger partial charge in [-0.05, 0) is 43.0 Å². The second-order valence-electron chi connectivity index (χ2n) is 5.55. The van der Waals surface area contributed by atoms with E-state index in [1.54, 1.807) is 24.3 Å². The van der Waals surface area contributed by atoms with Crippen LogP contribution in [0.25, 0.3) is 0 Å². The second-order valence-corrected chi connectivity index (χ2v) is 5.99. The molecule has 0 spiro atoms. The number of halogens is 2. The second kappa shape index (κ2) is 9.11. The topological polar surface area (TPSA) is 81.4 Å². The highest BCUT2D eigenvalue weighted by molar-refractivity contribution is 6.30. The van der Waals surface area contributed by atoms with Crippen LogP contribution in [0.4, 0.5) is 0 Å². The Kier molecular flexibility index (Phi) is 7.82. The van der Waals surface area contributed by atoms with Crippen molar-refractivity contribution >= 4 is 35.9 Å². The lowest BCUT2D eigenvalue weighted by Crippen LogP contribution is -2.40. The zero-order valence-electron chi connectivity index (χ0n) is 13.0. The summed E-state index contributed by atoms with van der Waals surface area (Å²) < 4.78 is 4.80. The molecule has 0 saturated heterocycles. The minimum Gasteiger partial charge on any atom is -0.467 e. The van der Waals surface area contributed by atoms with Gasteiger partial charge in [0.05, 0.1) is 7.11 Å². The molecule has 0 heterocycles. The fourth-order valence-electron chi connectivity index (χ4n) is 2.96. The van der Waals surface area contributed by atoms with Crippen LogP contribution in [0.3, 0.4) is 0 Å². The third-order valence-electron chi connectivity index (χ3n) is 4.23. The van der Waals surface area contributed by atoms with E-state index < -0.39 is 12.0 Å². The molecule has 0 bridgehead atoms. The molecule has 1 aliphatic rings. The van der Waals surface area contributed by atoms with Gasteiger partial charge < -0.3 is 15.8 Å². The Morgan fingerprint density at radius 3 is 2.57 bits per heavy atom. The average molecular weight is 361 g/mol. The van der Waals surface area contributed by atoms with Gasteiger partial charge in [-0.25, -0.2) is 4.79 Å². The quantitative estimate of drug-likeness (QED) is 0.790. The Balaban J connectivity index is 0.00000264. The van der Waals surface area contributed by atoms with Crippen LogP contribution < -0.4 is 11.1 Å². The highest BCUT2D eigenvalue weighted by atomic mass is 35.5. The number of hydrogen-bond acceptors (Lipinski definition) is 4. The van der Waals surface area contributed by atoms with Crippen LogP contribution in [0.15, 0.2) is 24.3 Å². The van der Waals surface area contributed by atoms with Crippen LogP contribution in [0.5, 0.6) is 0 Å². The van der Waals surface area contributed by atoms with E-state index in [1.165, 1.54) is 7.11 Å². The lowest BCUT2D eigenvalue weighted by molar-refractivity contribution is -0.146. The van der Waals surface area contributed by atoms with Crippen molar-refractivity contribution in [2.45, 2.75) is 25.3 Å². The van der Waals surface area contributed by atoms with Gasteiger partial charge >= 0.3 is 5.97 Å². The predicted octanol–water partition coefficient (Wildman–Crippen LogP) is 2.47. The fraction of sp³-hybridized carbons (Fsp3) is 0.500. The van der Waals surface area contributed by atoms with Crippen LogP contribution in [-0.2, 0) is 14.3 Å². The maximum atomic E-state index is 12.5. The number of nitrogens with one attached hydrogen (secondary N) is 1. The van der Waals surface area contributed by atoms with E-state index >= 15 is 0 Å². The van der Waals surface area contributed by atoms with Gasteiger partial charge in [-0.2, -0.15) is 0 Å². The first-order chi connectivity index (χ1) is 10.6. The Labute approximate surface area is 147 Å². The molecule has 1 saturated carbocycles. The molecule has 7 heteroatoms. The van der Waals surface area contributed by atoms with E-state index in [2.05, 4.69) is 5.32 Å². The van der Waals surface area contributed by atoms with E-state index in [0.29, 0.717) is 17.1 Å². The van der Waals surface area contributed by atoms with Crippen molar-refractivity contribution < 1.29 is 14.3 Å². The molecule has 0 aromatic heterocycles. The van der Waals surface area contributed by atoms with E-state index in [9.17, 15) is 9.59 Å². The summed E-state index contributed by atoms with van der Waals surface area (Å²) in [6.45, 7) is 0.488. The lowest BCUT2D eigenvalue weighted by atomic mass is 9.94. The van der Waals surface area contributed by atoms with Crippen molar-refractivity contribution in [1.29, 1.82) is 0 Å². The minimum atomic E-state index is -0.825. The predicted molar refractivity (Wildman–Crippen MR) is 91.5 cm³/mol. The number of methoxy groups -OCH3 is 1. The standard InChI is InChI=1S/C16H21ClN2O3.ClH/c1-22-16(21)14(10-5-7-12(17)8-6-10)19-15(20)13-4-2-3-11(13)9-18;/h5-8,11,13-14H,2-4,9,18H2,1H3,(H,19,20);1H/t11-,13-,14?;/m1./s1. The summed E-state index contributed by atoms with van der Waals surface area (Å²) in [4.78, 5) is 24.5. The summed E-state index contributed by atoms with van der Waals surface area (Å²) in [5.74, 6) is -0.593. The smallest absolute Gasteiger partial charge is 0.333 e. The zero-order valence-corrected chi connectivity index (χ0v) is 14.5. The Morgan fingerprint density at radius 2 is 2.00 bits per heavy atom. The number of hydrogen-bond donors (Lipinski definition) is 2. The highest BCUT2D eigenvalue weighted by Crippen LogP contribution is 2.31. The summed E-state index contributed by atoms with van der Waals surface area (Å²) in [7, 11) is 1.30. The fourth-order valence-corrected chi connectivity index (χ4v) is 3.09. The largest absolute Gasteiger partial charge is 0.467 e. The molecule has 3 N–H and O–H groups in total. The van der Waals surface area contributed by atoms with Crippen molar-refractivity contribution in [3.05, 3.63) is 34.9 Å². The van der Waals surface area contributed by atoms with E-state index in [1.807, 2.05) is 0 Å². The van der Waals surface area contributed by atoms with Crippen molar-refractivity contribution in [3.8, 4) is 0 Å². The molecule has 3 atom stereocenters. The number of amides is 1.